The van der Waals surface area contributed by atoms with Gasteiger partial charge < -0.3 is 10.6 Å². The maximum Gasteiger partial charge on any atom is 0.0155 e. The molecule has 3 aliphatic heterocycles. The van der Waals surface area contributed by atoms with Gasteiger partial charge in [0.25, 0.3) is 0 Å². The van der Waals surface area contributed by atoms with Gasteiger partial charge in [0.15, 0.2) is 0 Å². The number of rotatable bonds is 10. The lowest BCUT2D eigenvalue weighted by Crippen LogP contribution is -2.18. The summed E-state index contributed by atoms with van der Waals surface area (Å²) in [6, 6.07) is 0. The van der Waals surface area contributed by atoms with Crippen LogP contribution in [0.1, 0.15) is 32.1 Å². The van der Waals surface area contributed by atoms with Crippen LogP contribution in [-0.4, -0.2) is 41.6 Å². The van der Waals surface area contributed by atoms with E-state index in [0.717, 1.165) is 13.1 Å². The van der Waals surface area contributed by atoms with Gasteiger partial charge in [-0.1, -0.05) is 13.0 Å². The minimum absolute atomic E-state index is 0.210. The molecule has 0 saturated carbocycles. The molecule has 0 radical (unpaired) electrons. The molecule has 17 heavy (non-hydrogen) atoms. The van der Waals surface area contributed by atoms with Crippen molar-refractivity contribution >= 4 is 10.0 Å². The summed E-state index contributed by atoms with van der Waals surface area (Å²) in [5.41, 5.74) is 1.25. The minimum Gasteiger partial charge on any atom is -0.389 e. The largest absolute Gasteiger partial charge is 0.389 e. The van der Waals surface area contributed by atoms with Crippen molar-refractivity contribution in [3.05, 3.63) is 12.3 Å². The van der Waals surface area contributed by atoms with E-state index in [-0.39, 0.29) is 10.0 Å². The lowest BCUT2D eigenvalue weighted by molar-refractivity contribution is 0.623. The normalized spacial score (nSPS) is 43.0. The fraction of sp³-hybridized carbons (Fsp3) is 0.857. The molecule has 3 heteroatoms. The maximum absolute atomic E-state index is 4.10. The second kappa shape index (κ2) is 4.51. The van der Waals surface area contributed by atoms with Gasteiger partial charge in [-0.2, -0.15) is 0 Å². The summed E-state index contributed by atoms with van der Waals surface area (Å²) in [6.45, 7) is 6.27. The van der Waals surface area contributed by atoms with Crippen molar-refractivity contribution in [3.63, 3.8) is 0 Å². The lowest BCUT2D eigenvalue weighted by Gasteiger charge is -2.09. The van der Waals surface area contributed by atoms with Crippen molar-refractivity contribution in [1.29, 1.82) is 0 Å². The predicted molar refractivity (Wildman–Crippen MR) is 78.0 cm³/mol. The molecule has 3 rings (SSSR count). The van der Waals surface area contributed by atoms with Crippen molar-refractivity contribution in [2.75, 3.05) is 25.9 Å². The number of fused-ring (bicyclic) bond motifs is 1. The first kappa shape index (κ1) is 11.9. The average molecular weight is 254 g/mol. The Labute approximate surface area is 107 Å². The van der Waals surface area contributed by atoms with Crippen LogP contribution in [0.5, 0.6) is 0 Å². The van der Waals surface area contributed by atoms with Crippen molar-refractivity contribution in [3.8, 4) is 0 Å². The Bertz CT molecular complexity index is 317. The zero-order valence-electron chi connectivity index (χ0n) is 11.0. The van der Waals surface area contributed by atoms with Crippen molar-refractivity contribution in [2.45, 2.75) is 47.9 Å². The smallest absolute Gasteiger partial charge is 0.0155 e. The van der Waals surface area contributed by atoms with Crippen LogP contribution in [0.15, 0.2) is 12.3 Å². The Morgan fingerprint density at radius 3 is 2.76 bits per heavy atom. The standard InChI is InChI=1S/C14H26N2S/c1-11(16-9-5-8-15-2)6-3-4-7-12-14-13-10-17(12,13)14/h12-16H,1,3-10H2,2H3. The van der Waals surface area contributed by atoms with Crippen molar-refractivity contribution in [2.24, 2.45) is 0 Å². The Morgan fingerprint density at radius 2 is 2.12 bits per heavy atom. The van der Waals surface area contributed by atoms with Crippen LogP contribution in [0.4, 0.5) is 0 Å². The van der Waals surface area contributed by atoms with E-state index in [1.165, 1.54) is 47.1 Å². The number of nitrogens with one attached hydrogen (secondary N) is 2. The topological polar surface area (TPSA) is 24.1 Å². The van der Waals surface area contributed by atoms with E-state index in [1.807, 2.05) is 7.05 Å². The minimum atomic E-state index is 0.210. The van der Waals surface area contributed by atoms with Gasteiger partial charge in [0, 0.05) is 28.0 Å². The highest BCUT2D eigenvalue weighted by Crippen LogP contribution is 3.09. The molecule has 0 amide bonds. The third kappa shape index (κ3) is 2.12. The fourth-order valence-corrected chi connectivity index (χ4v) is 8.76. The predicted octanol–water partition coefficient (Wildman–Crippen LogP) is 2.21. The molecule has 0 bridgehead atoms. The van der Waals surface area contributed by atoms with Crippen LogP contribution in [-0.2, 0) is 0 Å². The van der Waals surface area contributed by atoms with Crippen LogP contribution < -0.4 is 10.6 Å². The number of hydrogen-bond acceptors (Lipinski definition) is 2. The SMILES string of the molecule is C=C(CCCCC1C2C3CS132)NCCCNC. The molecule has 2 nitrogen and oxygen atoms in total. The highest BCUT2D eigenvalue weighted by Gasteiger charge is 2.93. The van der Waals surface area contributed by atoms with Gasteiger partial charge in [-0.15, -0.1) is 0 Å². The molecule has 0 aromatic rings. The van der Waals surface area contributed by atoms with Crippen molar-refractivity contribution < 1.29 is 0 Å². The fourth-order valence-electron chi connectivity index (χ4n) is 3.42. The summed E-state index contributed by atoms with van der Waals surface area (Å²) >= 11 is 0. The molecular formula is C14H26N2S. The monoisotopic (exact) mass is 254 g/mol. The third-order valence-electron chi connectivity index (χ3n) is 4.75. The van der Waals surface area contributed by atoms with Gasteiger partial charge >= 0.3 is 0 Å². The third-order valence-corrected chi connectivity index (χ3v) is 9.54. The van der Waals surface area contributed by atoms with E-state index in [9.17, 15) is 0 Å². The molecule has 3 fully saturated rings. The van der Waals surface area contributed by atoms with Crippen molar-refractivity contribution in [1.82, 2.24) is 10.6 Å². The lowest BCUT2D eigenvalue weighted by atomic mass is 10.1. The molecule has 4 unspecified atom stereocenters. The van der Waals surface area contributed by atoms with Crippen LogP contribution >= 0.6 is 10.0 Å². The Hall–Kier alpha value is -0.150. The van der Waals surface area contributed by atoms with E-state index in [0.29, 0.717) is 0 Å². The molecule has 3 heterocycles. The summed E-state index contributed by atoms with van der Waals surface area (Å²) in [5, 5.41) is 10.5. The highest BCUT2D eigenvalue weighted by atomic mass is 32.3. The summed E-state index contributed by atoms with van der Waals surface area (Å²) in [4.78, 5) is 0. The van der Waals surface area contributed by atoms with Gasteiger partial charge in [0.1, 0.15) is 0 Å². The summed E-state index contributed by atoms with van der Waals surface area (Å²) in [6.07, 6.45) is 6.71. The highest BCUT2D eigenvalue weighted by molar-refractivity contribution is 8.54. The first-order valence-corrected chi connectivity index (χ1v) is 9.13. The molecule has 3 aliphatic rings. The van der Waals surface area contributed by atoms with Crippen LogP contribution in [0.25, 0.3) is 0 Å². The van der Waals surface area contributed by atoms with E-state index >= 15 is 0 Å². The Balaban J connectivity index is 1.14. The van der Waals surface area contributed by atoms with Gasteiger partial charge in [-0.05, 0) is 45.0 Å². The van der Waals surface area contributed by atoms with Gasteiger partial charge in [-0.3, -0.25) is 0 Å². The molecule has 2 N–H and O–H groups in total. The summed E-state index contributed by atoms with van der Waals surface area (Å²) in [5.74, 6) is 1.68. The second-order valence-corrected chi connectivity index (χ2v) is 9.75. The molecule has 0 aliphatic carbocycles. The Kier molecular flexibility index (Phi) is 3.16. The average Bonchev–Trinajstić information content (AvgIpc) is 3.20. The van der Waals surface area contributed by atoms with Crippen LogP contribution in [0.2, 0.25) is 0 Å². The van der Waals surface area contributed by atoms with E-state index in [1.54, 1.807) is 12.2 Å². The number of unbranched alkanes of at least 4 members (excludes halogenated alkanes) is 1. The Morgan fingerprint density at radius 1 is 1.29 bits per heavy atom. The molecule has 4 atom stereocenters. The summed E-state index contributed by atoms with van der Waals surface area (Å²) < 4.78 is 0. The zero-order chi connectivity index (χ0) is 11.9. The second-order valence-electron chi connectivity index (χ2n) is 5.85. The molecule has 3 saturated heterocycles. The van der Waals surface area contributed by atoms with E-state index < -0.39 is 0 Å². The number of allylic oxidation sites excluding steroid dienone is 1. The first-order chi connectivity index (χ1) is 8.30. The van der Waals surface area contributed by atoms with Gasteiger partial charge in [0.2, 0.25) is 0 Å². The van der Waals surface area contributed by atoms with E-state index in [2.05, 4.69) is 17.2 Å². The van der Waals surface area contributed by atoms with Gasteiger partial charge in [0.05, 0.1) is 0 Å². The summed E-state index contributed by atoms with van der Waals surface area (Å²) in [7, 11) is 2.21. The molecule has 0 aromatic heterocycles. The quantitative estimate of drug-likeness (QED) is 0.461. The van der Waals surface area contributed by atoms with Crippen LogP contribution in [0, 0.1) is 0 Å². The first-order valence-electron chi connectivity index (χ1n) is 7.14. The zero-order valence-corrected chi connectivity index (χ0v) is 11.8. The van der Waals surface area contributed by atoms with Crippen LogP contribution in [0.3, 0.4) is 0 Å². The van der Waals surface area contributed by atoms with Gasteiger partial charge in [-0.25, -0.2) is 10.0 Å². The molecule has 98 valence electrons. The number of hydrogen-bond donors (Lipinski definition) is 2. The molecule has 1 spiro atoms. The maximum atomic E-state index is 4.10. The van der Waals surface area contributed by atoms with E-state index in [4.69, 9.17) is 0 Å². The molecular weight excluding hydrogens is 228 g/mol. The molecule has 0 aromatic carbocycles.